The van der Waals surface area contributed by atoms with Gasteiger partial charge in [-0.1, -0.05) is 18.2 Å². The van der Waals surface area contributed by atoms with Crippen molar-refractivity contribution < 1.29 is 17.6 Å². The molecule has 2 saturated heterocycles. The Hall–Kier alpha value is -1.47. The third-order valence-electron chi connectivity index (χ3n) is 4.53. The van der Waals surface area contributed by atoms with Gasteiger partial charge in [-0.3, -0.25) is 9.69 Å². The Morgan fingerprint density at radius 3 is 2.59 bits per heavy atom. The monoisotopic (exact) mass is 326 g/mol. The van der Waals surface area contributed by atoms with Crippen LogP contribution in [0.3, 0.4) is 0 Å². The molecule has 120 valence electrons. The van der Waals surface area contributed by atoms with E-state index in [1.54, 1.807) is 23.1 Å². The second kappa shape index (κ2) is 5.62. The van der Waals surface area contributed by atoms with Crippen LogP contribution in [0.5, 0.6) is 0 Å². The smallest absolute Gasteiger partial charge is 0.219 e. The van der Waals surface area contributed by atoms with Crippen molar-refractivity contribution in [3.63, 3.8) is 0 Å². The molecule has 0 aromatic heterocycles. The number of hydrogen-bond donors (Lipinski definition) is 0. The first-order valence-corrected chi connectivity index (χ1v) is 9.14. The highest BCUT2D eigenvalue weighted by Gasteiger charge is 2.47. The summed E-state index contributed by atoms with van der Waals surface area (Å²) in [5, 5.41) is 0. The number of carbonyl (C=O) groups is 1. The van der Waals surface area contributed by atoms with E-state index in [0.29, 0.717) is 25.2 Å². The highest BCUT2D eigenvalue weighted by atomic mass is 32.2. The molecule has 0 radical (unpaired) electrons. The molecule has 0 bridgehead atoms. The lowest BCUT2D eigenvalue weighted by Gasteiger charge is -2.43. The maximum absolute atomic E-state index is 13.8. The topological polar surface area (TPSA) is 57.7 Å². The van der Waals surface area contributed by atoms with Gasteiger partial charge in [0, 0.05) is 38.2 Å². The van der Waals surface area contributed by atoms with Crippen LogP contribution in [0.15, 0.2) is 24.3 Å². The maximum Gasteiger partial charge on any atom is 0.219 e. The maximum atomic E-state index is 13.8. The predicted molar refractivity (Wildman–Crippen MR) is 80.4 cm³/mol. The average molecular weight is 326 g/mol. The Bertz CT molecular complexity index is 692. The minimum absolute atomic E-state index is 0.00498. The summed E-state index contributed by atoms with van der Waals surface area (Å²) in [5.41, 5.74) is 0.557. The predicted octanol–water partition coefficient (Wildman–Crippen LogP) is 0.655. The van der Waals surface area contributed by atoms with Crippen molar-refractivity contribution >= 4 is 15.7 Å². The molecule has 0 aliphatic carbocycles. The molecule has 1 aromatic rings. The Labute approximate surface area is 129 Å². The molecule has 5 nitrogen and oxygen atoms in total. The normalized spacial score (nSPS) is 27.6. The van der Waals surface area contributed by atoms with Crippen molar-refractivity contribution in [3.8, 4) is 0 Å². The molecule has 2 heterocycles. The summed E-state index contributed by atoms with van der Waals surface area (Å²) in [6.45, 7) is 2.88. The number of piperazine rings is 1. The fraction of sp³-hybridized carbons (Fsp3) is 0.533. The van der Waals surface area contributed by atoms with Gasteiger partial charge in [0.05, 0.1) is 17.5 Å². The number of benzene rings is 1. The van der Waals surface area contributed by atoms with Gasteiger partial charge in [0.2, 0.25) is 5.91 Å². The SMILES string of the molecule is CC(=O)N1CCN(Cc2ccccc2F)[C@H]2CS(=O)(=O)C[C@H]21. The van der Waals surface area contributed by atoms with Crippen molar-refractivity contribution in [1.82, 2.24) is 9.80 Å². The van der Waals surface area contributed by atoms with E-state index in [1.165, 1.54) is 13.0 Å². The zero-order valence-electron chi connectivity index (χ0n) is 12.4. The van der Waals surface area contributed by atoms with E-state index in [0.717, 1.165) is 0 Å². The summed E-state index contributed by atoms with van der Waals surface area (Å²) in [6, 6.07) is 5.96. The molecule has 3 rings (SSSR count). The summed E-state index contributed by atoms with van der Waals surface area (Å²) < 4.78 is 37.8. The molecule has 0 saturated carbocycles. The second-order valence-corrected chi connectivity index (χ2v) is 8.14. The van der Waals surface area contributed by atoms with Gasteiger partial charge in [-0.05, 0) is 6.07 Å². The number of carbonyl (C=O) groups excluding carboxylic acids is 1. The quantitative estimate of drug-likeness (QED) is 0.801. The lowest BCUT2D eigenvalue weighted by Crippen LogP contribution is -2.59. The van der Waals surface area contributed by atoms with Crippen LogP contribution in [-0.2, 0) is 21.2 Å². The van der Waals surface area contributed by atoms with Crippen molar-refractivity contribution in [2.24, 2.45) is 0 Å². The molecule has 0 unspecified atom stereocenters. The number of amides is 1. The number of fused-ring (bicyclic) bond motifs is 1. The van der Waals surface area contributed by atoms with E-state index in [-0.39, 0.29) is 35.3 Å². The van der Waals surface area contributed by atoms with Gasteiger partial charge in [0.1, 0.15) is 5.82 Å². The largest absolute Gasteiger partial charge is 0.336 e. The van der Waals surface area contributed by atoms with Crippen molar-refractivity contribution in [1.29, 1.82) is 0 Å². The van der Waals surface area contributed by atoms with Crippen molar-refractivity contribution in [2.45, 2.75) is 25.6 Å². The van der Waals surface area contributed by atoms with Gasteiger partial charge in [-0.2, -0.15) is 0 Å². The fourth-order valence-electron chi connectivity index (χ4n) is 3.46. The average Bonchev–Trinajstić information content (AvgIpc) is 2.76. The molecule has 22 heavy (non-hydrogen) atoms. The van der Waals surface area contributed by atoms with Crippen LogP contribution in [-0.4, -0.2) is 60.8 Å². The van der Waals surface area contributed by atoms with E-state index in [9.17, 15) is 17.6 Å². The van der Waals surface area contributed by atoms with Crippen LogP contribution in [0, 0.1) is 5.82 Å². The molecule has 1 amide bonds. The first-order chi connectivity index (χ1) is 10.4. The molecule has 2 atom stereocenters. The minimum Gasteiger partial charge on any atom is -0.336 e. The van der Waals surface area contributed by atoms with E-state index in [1.807, 2.05) is 4.90 Å². The third kappa shape index (κ3) is 2.87. The fourth-order valence-corrected chi connectivity index (χ4v) is 5.47. The summed E-state index contributed by atoms with van der Waals surface area (Å²) in [5.74, 6) is -0.340. The van der Waals surface area contributed by atoms with E-state index >= 15 is 0 Å². The molecule has 2 aliphatic rings. The molecule has 0 N–H and O–H groups in total. The molecule has 1 aromatic carbocycles. The molecule has 2 aliphatic heterocycles. The highest BCUT2D eigenvalue weighted by molar-refractivity contribution is 7.91. The van der Waals surface area contributed by atoms with Gasteiger partial charge >= 0.3 is 0 Å². The molecular formula is C15H19FN2O3S. The molecule has 0 spiro atoms. The number of sulfone groups is 1. The number of halogens is 1. The molecular weight excluding hydrogens is 307 g/mol. The summed E-state index contributed by atoms with van der Waals surface area (Å²) in [7, 11) is -3.16. The number of rotatable bonds is 2. The Morgan fingerprint density at radius 1 is 1.23 bits per heavy atom. The first kappa shape index (κ1) is 15.4. The van der Waals surface area contributed by atoms with Gasteiger partial charge in [-0.15, -0.1) is 0 Å². The third-order valence-corrected chi connectivity index (χ3v) is 6.23. The number of hydrogen-bond acceptors (Lipinski definition) is 4. The van der Waals surface area contributed by atoms with E-state index in [4.69, 9.17) is 0 Å². The van der Waals surface area contributed by atoms with Crippen LogP contribution in [0.2, 0.25) is 0 Å². The molecule has 7 heteroatoms. The van der Waals surface area contributed by atoms with Crippen molar-refractivity contribution in [2.75, 3.05) is 24.6 Å². The van der Waals surface area contributed by atoms with Crippen LogP contribution in [0.4, 0.5) is 4.39 Å². The Balaban J connectivity index is 1.85. The first-order valence-electron chi connectivity index (χ1n) is 7.32. The van der Waals surface area contributed by atoms with Crippen LogP contribution >= 0.6 is 0 Å². The molecule has 2 fully saturated rings. The van der Waals surface area contributed by atoms with Crippen molar-refractivity contribution in [3.05, 3.63) is 35.6 Å². The van der Waals surface area contributed by atoms with Gasteiger partial charge in [-0.25, -0.2) is 12.8 Å². The van der Waals surface area contributed by atoms with E-state index < -0.39 is 9.84 Å². The van der Waals surface area contributed by atoms with Crippen LogP contribution in [0.1, 0.15) is 12.5 Å². The Kier molecular flexibility index (Phi) is 3.94. The standard InChI is InChI=1S/C15H19FN2O3S/c1-11(19)18-7-6-17(8-12-4-2-3-5-13(12)16)14-9-22(20,21)10-15(14)18/h2-5,14-15H,6-10H2,1H3/t14-,15+/m0/s1. The van der Waals surface area contributed by atoms with Gasteiger partial charge in [0.25, 0.3) is 0 Å². The summed E-state index contributed by atoms with van der Waals surface area (Å²) in [4.78, 5) is 15.4. The van der Waals surface area contributed by atoms with Crippen LogP contribution < -0.4 is 0 Å². The number of nitrogens with zero attached hydrogens (tertiary/aromatic N) is 2. The van der Waals surface area contributed by atoms with E-state index in [2.05, 4.69) is 0 Å². The van der Waals surface area contributed by atoms with Crippen LogP contribution in [0.25, 0.3) is 0 Å². The Morgan fingerprint density at radius 2 is 1.91 bits per heavy atom. The zero-order chi connectivity index (χ0) is 15.9. The van der Waals surface area contributed by atoms with Gasteiger partial charge in [0.15, 0.2) is 9.84 Å². The lowest BCUT2D eigenvalue weighted by atomic mass is 10.0. The lowest BCUT2D eigenvalue weighted by molar-refractivity contribution is -0.134. The second-order valence-electron chi connectivity index (χ2n) is 5.99. The zero-order valence-corrected chi connectivity index (χ0v) is 13.2. The minimum atomic E-state index is -3.16. The van der Waals surface area contributed by atoms with Gasteiger partial charge < -0.3 is 4.90 Å². The summed E-state index contributed by atoms with van der Waals surface area (Å²) >= 11 is 0. The summed E-state index contributed by atoms with van der Waals surface area (Å²) in [6.07, 6.45) is 0. The highest BCUT2D eigenvalue weighted by Crippen LogP contribution is 2.28.